The fraction of sp³-hybridized carbons (Fsp3) is 0.167. The molecule has 4 aromatic heterocycles. The van der Waals surface area contributed by atoms with Gasteiger partial charge in [-0.3, -0.25) is 19.1 Å². The molecule has 0 atom stereocenters. The Balaban J connectivity index is 1.45. The number of anilines is 1. The van der Waals surface area contributed by atoms with Crippen LogP contribution < -0.4 is 5.32 Å². The molecule has 0 saturated carbocycles. The number of aromatic nitrogens is 7. The summed E-state index contributed by atoms with van der Waals surface area (Å²) in [5.41, 5.74) is 2.30. The third kappa shape index (κ3) is 3.47. The average molecular weight is 362 g/mol. The summed E-state index contributed by atoms with van der Waals surface area (Å²) in [7, 11) is 3.68. The number of aryl methyl sites for hydroxylation is 2. The molecule has 0 saturated heterocycles. The van der Waals surface area contributed by atoms with E-state index in [9.17, 15) is 4.79 Å². The number of carbonyl (C=O) groups is 1. The van der Waals surface area contributed by atoms with Crippen molar-refractivity contribution in [3.63, 3.8) is 0 Å². The topological polar surface area (TPSA) is 95.4 Å². The first kappa shape index (κ1) is 16.7. The number of carbonyl (C=O) groups excluding carboxylic acids is 1. The van der Waals surface area contributed by atoms with Crippen molar-refractivity contribution in [3.05, 3.63) is 55.2 Å². The van der Waals surface area contributed by atoms with Gasteiger partial charge >= 0.3 is 0 Å². The van der Waals surface area contributed by atoms with E-state index in [4.69, 9.17) is 0 Å². The van der Waals surface area contributed by atoms with E-state index < -0.39 is 0 Å². The Hall–Kier alpha value is -3.75. The minimum absolute atomic E-state index is 0.0918. The van der Waals surface area contributed by atoms with Crippen LogP contribution in [0.15, 0.2) is 55.2 Å². The van der Waals surface area contributed by atoms with Crippen LogP contribution in [0.25, 0.3) is 22.8 Å². The number of hydrogen-bond acceptors (Lipinski definition) is 5. The zero-order chi connectivity index (χ0) is 18.8. The lowest BCUT2D eigenvalue weighted by Crippen LogP contribution is -2.20. The Morgan fingerprint density at radius 3 is 2.78 bits per heavy atom. The predicted molar refractivity (Wildman–Crippen MR) is 99.5 cm³/mol. The van der Waals surface area contributed by atoms with Crippen molar-refractivity contribution in [3.8, 4) is 22.8 Å². The van der Waals surface area contributed by atoms with Gasteiger partial charge in [-0.15, -0.1) is 0 Å². The summed E-state index contributed by atoms with van der Waals surface area (Å²) in [5, 5.41) is 11.5. The van der Waals surface area contributed by atoms with Crippen LogP contribution in [0.1, 0.15) is 0 Å². The monoisotopic (exact) mass is 362 g/mol. The molecule has 0 aromatic carbocycles. The van der Waals surface area contributed by atoms with Gasteiger partial charge in [0.25, 0.3) is 0 Å². The number of rotatable bonds is 5. The van der Waals surface area contributed by atoms with Crippen LogP contribution in [-0.2, 0) is 25.4 Å². The molecule has 0 aliphatic rings. The molecule has 4 rings (SSSR count). The van der Waals surface area contributed by atoms with Crippen molar-refractivity contribution in [2.75, 3.05) is 5.32 Å². The van der Waals surface area contributed by atoms with E-state index in [0.717, 1.165) is 17.1 Å². The summed E-state index contributed by atoms with van der Waals surface area (Å²) >= 11 is 0. The number of pyridine rings is 1. The Labute approximate surface area is 155 Å². The average Bonchev–Trinajstić information content (AvgIpc) is 3.37. The van der Waals surface area contributed by atoms with Gasteiger partial charge in [-0.2, -0.15) is 10.2 Å². The second-order valence-corrected chi connectivity index (χ2v) is 6.09. The van der Waals surface area contributed by atoms with Crippen molar-refractivity contribution in [2.24, 2.45) is 14.1 Å². The van der Waals surface area contributed by atoms with Gasteiger partial charge in [0.05, 0.1) is 17.5 Å². The van der Waals surface area contributed by atoms with Gasteiger partial charge in [0, 0.05) is 44.9 Å². The lowest BCUT2D eigenvalue weighted by Gasteiger charge is -2.05. The number of nitrogens with one attached hydrogen (secondary N) is 1. The predicted octanol–water partition coefficient (Wildman–Crippen LogP) is 1.72. The summed E-state index contributed by atoms with van der Waals surface area (Å²) in [5.74, 6) is 1.20. The molecule has 1 N–H and O–H groups in total. The second kappa shape index (κ2) is 6.87. The molecular formula is C18H18N8O. The first-order chi connectivity index (χ1) is 13.1. The molecule has 136 valence electrons. The number of nitrogens with zero attached hydrogens (tertiary/aromatic N) is 7. The molecule has 0 aliphatic heterocycles. The SMILES string of the molecule is Cn1ccnc1-c1cnn(CC(=O)Nc2cc(-c3ccccn3)nn2C)c1. The highest BCUT2D eigenvalue weighted by Crippen LogP contribution is 2.19. The third-order valence-corrected chi connectivity index (χ3v) is 4.09. The van der Waals surface area contributed by atoms with Crippen molar-refractivity contribution in [1.82, 2.24) is 34.1 Å². The first-order valence-corrected chi connectivity index (χ1v) is 8.35. The molecule has 0 unspecified atom stereocenters. The zero-order valence-electron chi connectivity index (χ0n) is 14.9. The van der Waals surface area contributed by atoms with Crippen LogP contribution in [0.4, 0.5) is 5.82 Å². The molecule has 0 fully saturated rings. The molecule has 27 heavy (non-hydrogen) atoms. The quantitative estimate of drug-likeness (QED) is 0.583. The molecule has 9 heteroatoms. The Bertz CT molecular complexity index is 1080. The van der Waals surface area contributed by atoms with Gasteiger partial charge in [0.15, 0.2) is 0 Å². The zero-order valence-corrected chi connectivity index (χ0v) is 14.9. The third-order valence-electron chi connectivity index (χ3n) is 4.09. The van der Waals surface area contributed by atoms with Crippen LogP contribution in [0, 0.1) is 0 Å². The number of amides is 1. The minimum Gasteiger partial charge on any atom is -0.334 e. The lowest BCUT2D eigenvalue weighted by atomic mass is 10.3. The van der Waals surface area contributed by atoms with Gasteiger partial charge < -0.3 is 9.88 Å². The summed E-state index contributed by atoms with van der Waals surface area (Å²) in [6, 6.07) is 7.41. The maximum Gasteiger partial charge on any atom is 0.247 e. The van der Waals surface area contributed by atoms with E-state index in [1.807, 2.05) is 36.0 Å². The fourth-order valence-electron chi connectivity index (χ4n) is 2.76. The fourth-order valence-corrected chi connectivity index (χ4v) is 2.76. The minimum atomic E-state index is -0.194. The van der Waals surface area contributed by atoms with E-state index >= 15 is 0 Å². The van der Waals surface area contributed by atoms with Crippen LogP contribution >= 0.6 is 0 Å². The van der Waals surface area contributed by atoms with Crippen LogP contribution in [-0.4, -0.2) is 40.0 Å². The Kier molecular flexibility index (Phi) is 4.25. The normalized spacial score (nSPS) is 10.9. The molecule has 0 radical (unpaired) electrons. The van der Waals surface area contributed by atoms with Gasteiger partial charge in [0.2, 0.25) is 5.91 Å². The molecule has 1 amide bonds. The highest BCUT2D eigenvalue weighted by Gasteiger charge is 2.13. The molecule has 4 aromatic rings. The molecular weight excluding hydrogens is 344 g/mol. The summed E-state index contributed by atoms with van der Waals surface area (Å²) < 4.78 is 5.09. The standard InChI is InChI=1S/C18H18N8O/c1-24-8-7-20-18(24)13-10-21-26(11-13)12-17(27)22-16-9-15(23-25(16)2)14-5-3-4-6-19-14/h3-11H,12H2,1-2H3,(H,22,27). The maximum atomic E-state index is 12.4. The van der Waals surface area contributed by atoms with E-state index in [1.165, 1.54) is 0 Å². The summed E-state index contributed by atoms with van der Waals surface area (Å²) in [4.78, 5) is 20.9. The van der Waals surface area contributed by atoms with Crippen molar-refractivity contribution in [2.45, 2.75) is 6.54 Å². The van der Waals surface area contributed by atoms with E-state index in [1.54, 1.807) is 47.3 Å². The van der Waals surface area contributed by atoms with Crippen LogP contribution in [0.2, 0.25) is 0 Å². The number of imidazole rings is 1. The smallest absolute Gasteiger partial charge is 0.247 e. The van der Waals surface area contributed by atoms with Gasteiger partial charge in [-0.1, -0.05) is 6.07 Å². The van der Waals surface area contributed by atoms with Crippen LogP contribution in [0.5, 0.6) is 0 Å². The van der Waals surface area contributed by atoms with Gasteiger partial charge in [-0.05, 0) is 12.1 Å². The van der Waals surface area contributed by atoms with Crippen molar-refractivity contribution >= 4 is 11.7 Å². The molecule has 4 heterocycles. The highest BCUT2D eigenvalue weighted by molar-refractivity contribution is 5.90. The van der Waals surface area contributed by atoms with Crippen molar-refractivity contribution in [1.29, 1.82) is 0 Å². The second-order valence-electron chi connectivity index (χ2n) is 6.09. The highest BCUT2D eigenvalue weighted by atomic mass is 16.2. The summed E-state index contributed by atoms with van der Waals surface area (Å²) in [6.45, 7) is 0.0918. The van der Waals surface area contributed by atoms with E-state index in [-0.39, 0.29) is 12.5 Å². The molecule has 0 bridgehead atoms. The van der Waals surface area contributed by atoms with E-state index in [2.05, 4.69) is 25.5 Å². The maximum absolute atomic E-state index is 12.4. The first-order valence-electron chi connectivity index (χ1n) is 8.35. The molecule has 0 spiro atoms. The van der Waals surface area contributed by atoms with Gasteiger partial charge in [0.1, 0.15) is 23.9 Å². The van der Waals surface area contributed by atoms with Gasteiger partial charge in [-0.25, -0.2) is 4.98 Å². The molecule has 9 nitrogen and oxygen atoms in total. The lowest BCUT2D eigenvalue weighted by molar-refractivity contribution is -0.116. The molecule has 0 aliphatic carbocycles. The number of hydrogen-bond donors (Lipinski definition) is 1. The Morgan fingerprint density at radius 1 is 1.15 bits per heavy atom. The van der Waals surface area contributed by atoms with Crippen molar-refractivity contribution < 1.29 is 4.79 Å². The Morgan fingerprint density at radius 2 is 2.04 bits per heavy atom. The summed E-state index contributed by atoms with van der Waals surface area (Å²) in [6.07, 6.45) is 8.78. The van der Waals surface area contributed by atoms with E-state index in [0.29, 0.717) is 11.5 Å². The largest absolute Gasteiger partial charge is 0.334 e. The van der Waals surface area contributed by atoms with Crippen LogP contribution in [0.3, 0.4) is 0 Å².